The number of rotatable bonds is 5. The van der Waals surface area contributed by atoms with Crippen LogP contribution in [0.25, 0.3) is 0 Å². The third-order valence-electron chi connectivity index (χ3n) is 4.43. The van der Waals surface area contributed by atoms with Crippen molar-refractivity contribution < 1.29 is 9.21 Å². The first-order valence-electron chi connectivity index (χ1n) is 7.88. The van der Waals surface area contributed by atoms with Gasteiger partial charge in [0.2, 0.25) is 0 Å². The van der Waals surface area contributed by atoms with E-state index in [-0.39, 0.29) is 24.4 Å². The van der Waals surface area contributed by atoms with Crippen molar-refractivity contribution in [3.63, 3.8) is 0 Å². The number of carbonyl (C=O) groups excluding carboxylic acids is 1. The Kier molecular flexibility index (Phi) is 6.25. The molecule has 2 unspecified atom stereocenters. The molecule has 0 bridgehead atoms. The molecule has 1 fully saturated rings. The highest BCUT2D eigenvalue weighted by Crippen LogP contribution is 2.29. The molecular formula is C18H23ClN2O2. The van der Waals surface area contributed by atoms with Gasteiger partial charge in [0, 0.05) is 6.04 Å². The van der Waals surface area contributed by atoms with E-state index in [2.05, 4.69) is 29.6 Å². The largest absolute Gasteiger partial charge is 0.467 e. The molecule has 0 spiro atoms. The number of hydrogen-bond donors (Lipinski definition) is 2. The van der Waals surface area contributed by atoms with Crippen molar-refractivity contribution in [2.75, 3.05) is 0 Å². The standard InChI is InChI=1S/C18H22N2O2.ClH/c19-11-16-10-15(12-22-16)18(21)20-17-8-4-7-14(17)9-13-5-2-1-3-6-13;/h1-3,5-6,10,12,14,17H,4,7-9,11,19H2,(H,20,21);1H. The Morgan fingerprint density at radius 1 is 1.26 bits per heavy atom. The van der Waals surface area contributed by atoms with Crippen molar-refractivity contribution >= 4 is 18.3 Å². The fourth-order valence-electron chi connectivity index (χ4n) is 3.25. The van der Waals surface area contributed by atoms with E-state index >= 15 is 0 Å². The molecule has 2 atom stereocenters. The Labute approximate surface area is 142 Å². The summed E-state index contributed by atoms with van der Waals surface area (Å²) in [6.07, 6.45) is 5.88. The van der Waals surface area contributed by atoms with Crippen LogP contribution in [0.5, 0.6) is 0 Å². The minimum atomic E-state index is -0.0617. The molecule has 0 radical (unpaired) electrons. The molecule has 0 aliphatic heterocycles. The van der Waals surface area contributed by atoms with E-state index in [0.717, 1.165) is 12.8 Å². The second-order valence-electron chi connectivity index (χ2n) is 5.97. The Morgan fingerprint density at radius 2 is 2.04 bits per heavy atom. The summed E-state index contributed by atoms with van der Waals surface area (Å²) in [7, 11) is 0. The van der Waals surface area contributed by atoms with Gasteiger partial charge in [-0.2, -0.15) is 0 Å². The van der Waals surface area contributed by atoms with E-state index in [1.807, 2.05) is 6.07 Å². The molecule has 0 saturated heterocycles. The zero-order valence-corrected chi connectivity index (χ0v) is 13.9. The topological polar surface area (TPSA) is 68.3 Å². The van der Waals surface area contributed by atoms with Gasteiger partial charge in [-0.3, -0.25) is 4.79 Å². The van der Waals surface area contributed by atoms with Crippen molar-refractivity contribution in [3.8, 4) is 0 Å². The molecule has 124 valence electrons. The predicted molar refractivity (Wildman–Crippen MR) is 92.6 cm³/mol. The summed E-state index contributed by atoms with van der Waals surface area (Å²) in [5.74, 6) is 1.08. The van der Waals surface area contributed by atoms with Gasteiger partial charge in [0.05, 0.1) is 12.1 Å². The molecule has 1 aliphatic rings. The van der Waals surface area contributed by atoms with E-state index in [9.17, 15) is 4.79 Å². The third kappa shape index (κ3) is 4.36. The molecule has 3 rings (SSSR count). The number of nitrogens with two attached hydrogens (primary N) is 1. The van der Waals surface area contributed by atoms with Crippen LogP contribution in [0.1, 0.15) is 40.9 Å². The zero-order chi connectivity index (χ0) is 15.4. The van der Waals surface area contributed by atoms with Crippen molar-refractivity contribution in [1.82, 2.24) is 5.32 Å². The van der Waals surface area contributed by atoms with Crippen LogP contribution in [0, 0.1) is 5.92 Å². The highest BCUT2D eigenvalue weighted by molar-refractivity contribution is 5.94. The fraction of sp³-hybridized carbons (Fsp3) is 0.389. The zero-order valence-electron chi connectivity index (χ0n) is 13.0. The average Bonchev–Trinajstić information content (AvgIpc) is 3.18. The van der Waals surface area contributed by atoms with Crippen LogP contribution in [0.2, 0.25) is 0 Å². The maximum Gasteiger partial charge on any atom is 0.254 e. The quantitative estimate of drug-likeness (QED) is 0.881. The van der Waals surface area contributed by atoms with E-state index in [1.54, 1.807) is 6.07 Å². The molecule has 1 aromatic carbocycles. The summed E-state index contributed by atoms with van der Waals surface area (Å²) in [5, 5.41) is 3.16. The molecule has 1 amide bonds. The maximum absolute atomic E-state index is 12.3. The van der Waals surface area contributed by atoms with Crippen molar-refractivity contribution in [2.45, 2.75) is 38.3 Å². The minimum Gasteiger partial charge on any atom is -0.467 e. The van der Waals surface area contributed by atoms with E-state index < -0.39 is 0 Å². The molecule has 1 heterocycles. The average molecular weight is 335 g/mol. The Balaban J connectivity index is 0.00000192. The molecule has 23 heavy (non-hydrogen) atoms. The van der Waals surface area contributed by atoms with Gasteiger partial charge in [-0.25, -0.2) is 0 Å². The first-order chi connectivity index (χ1) is 10.8. The first kappa shape index (κ1) is 17.6. The van der Waals surface area contributed by atoms with Crippen LogP contribution < -0.4 is 11.1 Å². The summed E-state index contributed by atoms with van der Waals surface area (Å²) in [6.45, 7) is 0.313. The highest BCUT2D eigenvalue weighted by atomic mass is 35.5. The summed E-state index contributed by atoms with van der Waals surface area (Å²) in [5.41, 5.74) is 7.41. The third-order valence-corrected chi connectivity index (χ3v) is 4.43. The van der Waals surface area contributed by atoms with E-state index in [0.29, 0.717) is 23.8 Å². The lowest BCUT2D eigenvalue weighted by Gasteiger charge is -2.20. The van der Waals surface area contributed by atoms with Crippen molar-refractivity contribution in [1.29, 1.82) is 0 Å². The number of hydrogen-bond acceptors (Lipinski definition) is 3. The van der Waals surface area contributed by atoms with Crippen LogP contribution in [-0.4, -0.2) is 11.9 Å². The smallest absolute Gasteiger partial charge is 0.254 e. The second-order valence-corrected chi connectivity index (χ2v) is 5.97. The van der Waals surface area contributed by atoms with Crippen LogP contribution in [0.3, 0.4) is 0 Å². The molecule has 1 saturated carbocycles. The van der Waals surface area contributed by atoms with Gasteiger partial charge in [0.1, 0.15) is 12.0 Å². The van der Waals surface area contributed by atoms with Gasteiger partial charge in [0.25, 0.3) is 5.91 Å². The Morgan fingerprint density at radius 3 is 2.74 bits per heavy atom. The van der Waals surface area contributed by atoms with Gasteiger partial charge in [-0.05, 0) is 36.8 Å². The van der Waals surface area contributed by atoms with Crippen LogP contribution in [-0.2, 0) is 13.0 Å². The molecule has 5 heteroatoms. The van der Waals surface area contributed by atoms with Crippen LogP contribution in [0.4, 0.5) is 0 Å². The lowest BCUT2D eigenvalue weighted by Crippen LogP contribution is -2.37. The minimum absolute atomic E-state index is 0. The van der Waals surface area contributed by atoms with Gasteiger partial charge in [-0.15, -0.1) is 12.4 Å². The summed E-state index contributed by atoms with van der Waals surface area (Å²) in [6, 6.07) is 12.4. The molecule has 2 aromatic rings. The normalized spacial score (nSPS) is 20.0. The second kappa shape index (κ2) is 8.18. The summed E-state index contributed by atoms with van der Waals surface area (Å²) in [4.78, 5) is 12.3. The Bertz CT molecular complexity index is 627. The number of halogens is 1. The number of furan rings is 1. The van der Waals surface area contributed by atoms with Gasteiger partial charge in [-0.1, -0.05) is 36.8 Å². The van der Waals surface area contributed by atoms with Crippen molar-refractivity contribution in [2.24, 2.45) is 11.7 Å². The van der Waals surface area contributed by atoms with Crippen LogP contribution >= 0.6 is 12.4 Å². The number of nitrogens with one attached hydrogen (secondary N) is 1. The predicted octanol–water partition coefficient (Wildman–Crippen LogP) is 3.30. The lowest BCUT2D eigenvalue weighted by atomic mass is 9.94. The van der Waals surface area contributed by atoms with Crippen molar-refractivity contribution in [3.05, 3.63) is 59.5 Å². The molecule has 3 N–H and O–H groups in total. The number of amides is 1. The SMILES string of the molecule is Cl.NCc1cc(C(=O)NC2CCCC2Cc2ccccc2)co1. The molecular weight excluding hydrogens is 312 g/mol. The van der Waals surface area contributed by atoms with Gasteiger partial charge in [0.15, 0.2) is 0 Å². The van der Waals surface area contributed by atoms with E-state index in [4.69, 9.17) is 10.2 Å². The number of benzene rings is 1. The first-order valence-corrected chi connectivity index (χ1v) is 7.88. The van der Waals surface area contributed by atoms with Gasteiger partial charge < -0.3 is 15.5 Å². The number of carbonyl (C=O) groups is 1. The molecule has 1 aromatic heterocycles. The molecule has 4 nitrogen and oxygen atoms in total. The maximum atomic E-state index is 12.3. The molecule has 1 aliphatic carbocycles. The lowest BCUT2D eigenvalue weighted by molar-refractivity contribution is 0.0927. The van der Waals surface area contributed by atoms with E-state index in [1.165, 1.54) is 24.7 Å². The summed E-state index contributed by atoms with van der Waals surface area (Å²) >= 11 is 0. The fourth-order valence-corrected chi connectivity index (χ4v) is 3.25. The van der Waals surface area contributed by atoms with Crippen LogP contribution in [0.15, 0.2) is 47.1 Å². The summed E-state index contributed by atoms with van der Waals surface area (Å²) < 4.78 is 5.24. The highest BCUT2D eigenvalue weighted by Gasteiger charge is 2.29. The monoisotopic (exact) mass is 334 g/mol. The van der Waals surface area contributed by atoms with Gasteiger partial charge >= 0.3 is 0 Å². The Hall–Kier alpha value is -1.78.